The molecule has 0 heterocycles. The van der Waals surface area contributed by atoms with Gasteiger partial charge in [-0.3, -0.25) is 4.79 Å². The third kappa shape index (κ3) is 3.61. The van der Waals surface area contributed by atoms with Gasteiger partial charge in [-0.05, 0) is 38.5 Å². The molecule has 0 aromatic heterocycles. The van der Waals surface area contributed by atoms with Gasteiger partial charge in [-0.25, -0.2) is 4.79 Å². The Labute approximate surface area is 101 Å². The van der Waals surface area contributed by atoms with Crippen molar-refractivity contribution in [2.75, 3.05) is 7.11 Å². The zero-order valence-electron chi connectivity index (χ0n) is 10.2. The van der Waals surface area contributed by atoms with E-state index >= 15 is 0 Å². The molecule has 5 nitrogen and oxygen atoms in total. The quantitative estimate of drug-likeness (QED) is 0.728. The highest BCUT2D eigenvalue weighted by Crippen LogP contribution is 2.25. The number of hydrogen-bond donors (Lipinski definition) is 2. The summed E-state index contributed by atoms with van der Waals surface area (Å²) in [6.45, 7) is 0. The highest BCUT2D eigenvalue weighted by atomic mass is 16.5. The Morgan fingerprint density at radius 1 is 0.941 bits per heavy atom. The van der Waals surface area contributed by atoms with Crippen LogP contribution in [0.4, 0.5) is 4.79 Å². The molecule has 0 aromatic rings. The van der Waals surface area contributed by atoms with E-state index in [0.29, 0.717) is 6.04 Å². The lowest BCUT2D eigenvalue weighted by Gasteiger charge is -2.27. The summed E-state index contributed by atoms with van der Waals surface area (Å²) in [6, 6.07) is 0.532. The molecule has 17 heavy (non-hydrogen) atoms. The normalized spacial score (nSPS) is 28.3. The van der Waals surface area contributed by atoms with Crippen molar-refractivity contribution in [3.63, 3.8) is 0 Å². The first-order chi connectivity index (χ1) is 8.19. The molecule has 0 bridgehead atoms. The summed E-state index contributed by atoms with van der Waals surface area (Å²) in [7, 11) is 1.43. The van der Waals surface area contributed by atoms with Gasteiger partial charge in [0.15, 0.2) is 0 Å². The van der Waals surface area contributed by atoms with E-state index < -0.39 is 0 Å². The highest BCUT2D eigenvalue weighted by Gasteiger charge is 2.29. The monoisotopic (exact) mass is 240 g/mol. The molecule has 2 fully saturated rings. The summed E-state index contributed by atoms with van der Waals surface area (Å²) >= 11 is 0. The first-order valence-corrected chi connectivity index (χ1v) is 6.34. The maximum atomic E-state index is 11.5. The Morgan fingerprint density at radius 2 is 1.41 bits per heavy atom. The fourth-order valence-corrected chi connectivity index (χ4v) is 2.28. The zero-order chi connectivity index (χ0) is 12.3. The Morgan fingerprint density at radius 3 is 1.82 bits per heavy atom. The van der Waals surface area contributed by atoms with Crippen LogP contribution in [0.3, 0.4) is 0 Å². The van der Waals surface area contributed by atoms with E-state index in [4.69, 9.17) is 4.74 Å². The first-order valence-electron chi connectivity index (χ1n) is 6.34. The van der Waals surface area contributed by atoms with Gasteiger partial charge in [0.2, 0.25) is 0 Å². The molecule has 2 aliphatic rings. The summed E-state index contributed by atoms with van der Waals surface area (Å²) in [6.07, 6.45) is 5.53. The fourth-order valence-electron chi connectivity index (χ4n) is 2.28. The maximum Gasteiger partial charge on any atom is 0.315 e. The first kappa shape index (κ1) is 12.2. The van der Waals surface area contributed by atoms with Crippen LogP contribution < -0.4 is 10.6 Å². The number of amides is 2. The number of carbonyl (C=O) groups excluding carboxylic acids is 2. The molecule has 5 heteroatoms. The third-order valence-corrected chi connectivity index (χ3v) is 3.51. The van der Waals surface area contributed by atoms with Crippen molar-refractivity contribution in [2.24, 2.45) is 5.92 Å². The molecule has 0 atom stereocenters. The van der Waals surface area contributed by atoms with Gasteiger partial charge in [0, 0.05) is 12.1 Å². The largest absolute Gasteiger partial charge is 0.469 e. The van der Waals surface area contributed by atoms with Crippen LogP contribution in [-0.2, 0) is 9.53 Å². The average molecular weight is 240 g/mol. The number of esters is 1. The van der Waals surface area contributed by atoms with Crippen molar-refractivity contribution in [3.05, 3.63) is 0 Å². The Bertz CT molecular complexity index is 294. The van der Waals surface area contributed by atoms with Crippen LogP contribution in [0.15, 0.2) is 0 Å². The van der Waals surface area contributed by atoms with Gasteiger partial charge in [0.25, 0.3) is 0 Å². The summed E-state index contributed by atoms with van der Waals surface area (Å²) in [5.74, 6) is -0.101. The van der Waals surface area contributed by atoms with Gasteiger partial charge in [-0.15, -0.1) is 0 Å². The fraction of sp³-hybridized carbons (Fsp3) is 0.833. The van der Waals surface area contributed by atoms with E-state index in [2.05, 4.69) is 10.6 Å². The van der Waals surface area contributed by atoms with Crippen molar-refractivity contribution in [2.45, 2.75) is 50.6 Å². The van der Waals surface area contributed by atoms with Gasteiger partial charge in [-0.1, -0.05) is 0 Å². The van der Waals surface area contributed by atoms with Crippen molar-refractivity contribution < 1.29 is 14.3 Å². The number of rotatable bonds is 3. The lowest BCUT2D eigenvalue weighted by atomic mass is 9.86. The summed E-state index contributed by atoms with van der Waals surface area (Å²) < 4.78 is 4.73. The number of methoxy groups -OCH3 is 1. The number of nitrogens with one attached hydrogen (secondary N) is 2. The molecule has 2 N–H and O–H groups in total. The highest BCUT2D eigenvalue weighted by molar-refractivity contribution is 5.75. The molecule has 0 spiro atoms. The van der Waals surface area contributed by atoms with Crippen molar-refractivity contribution >= 4 is 12.0 Å². The molecule has 0 saturated heterocycles. The molecule has 96 valence electrons. The van der Waals surface area contributed by atoms with E-state index in [-0.39, 0.29) is 24.0 Å². The molecule has 2 saturated carbocycles. The van der Waals surface area contributed by atoms with Crippen LogP contribution in [0.1, 0.15) is 38.5 Å². The summed E-state index contributed by atoms with van der Waals surface area (Å²) in [5.41, 5.74) is 0. The molecule has 0 aliphatic heterocycles. The zero-order valence-corrected chi connectivity index (χ0v) is 10.2. The van der Waals surface area contributed by atoms with E-state index in [0.717, 1.165) is 38.5 Å². The molecule has 2 aliphatic carbocycles. The molecule has 0 unspecified atom stereocenters. The van der Waals surface area contributed by atoms with Crippen LogP contribution in [0, 0.1) is 5.92 Å². The number of urea groups is 1. The predicted molar refractivity (Wildman–Crippen MR) is 62.5 cm³/mol. The standard InChI is InChI=1S/C12H20N2O3/c1-17-11(15)8-2-4-9(5-3-8)13-12(16)14-10-6-7-10/h8-10H,2-7H2,1H3,(H2,13,14,16). The second kappa shape index (κ2) is 5.38. The molecular weight excluding hydrogens is 220 g/mol. The topological polar surface area (TPSA) is 67.4 Å². The Hall–Kier alpha value is -1.26. The van der Waals surface area contributed by atoms with E-state index in [9.17, 15) is 9.59 Å². The smallest absolute Gasteiger partial charge is 0.315 e. The minimum Gasteiger partial charge on any atom is -0.469 e. The van der Waals surface area contributed by atoms with Crippen LogP contribution >= 0.6 is 0 Å². The van der Waals surface area contributed by atoms with Gasteiger partial charge in [0.1, 0.15) is 0 Å². The van der Waals surface area contributed by atoms with Gasteiger partial charge in [-0.2, -0.15) is 0 Å². The number of hydrogen-bond acceptors (Lipinski definition) is 3. The SMILES string of the molecule is COC(=O)C1CCC(NC(=O)NC2CC2)CC1. The maximum absolute atomic E-state index is 11.5. The second-order valence-electron chi connectivity index (χ2n) is 4.96. The Balaban J connectivity index is 1.67. The average Bonchev–Trinajstić information content (AvgIpc) is 3.12. The van der Waals surface area contributed by atoms with Gasteiger partial charge in [0.05, 0.1) is 13.0 Å². The summed E-state index contributed by atoms with van der Waals surface area (Å²) in [5, 5.41) is 5.87. The summed E-state index contributed by atoms with van der Waals surface area (Å²) in [4.78, 5) is 22.8. The minimum atomic E-state index is -0.120. The van der Waals surface area contributed by atoms with Crippen LogP contribution in [0.25, 0.3) is 0 Å². The molecule has 2 amide bonds. The van der Waals surface area contributed by atoms with Crippen molar-refractivity contribution in [1.29, 1.82) is 0 Å². The third-order valence-electron chi connectivity index (χ3n) is 3.51. The number of carbonyl (C=O) groups is 2. The van der Waals surface area contributed by atoms with E-state index in [1.807, 2.05) is 0 Å². The molecule has 2 rings (SSSR count). The Kier molecular flexibility index (Phi) is 3.86. The van der Waals surface area contributed by atoms with Crippen molar-refractivity contribution in [3.8, 4) is 0 Å². The van der Waals surface area contributed by atoms with Gasteiger partial charge >= 0.3 is 12.0 Å². The van der Waals surface area contributed by atoms with Crippen LogP contribution in [0.2, 0.25) is 0 Å². The van der Waals surface area contributed by atoms with Crippen molar-refractivity contribution in [1.82, 2.24) is 10.6 Å². The lowest BCUT2D eigenvalue weighted by molar-refractivity contribution is -0.146. The number of ether oxygens (including phenoxy) is 1. The van der Waals surface area contributed by atoms with Gasteiger partial charge < -0.3 is 15.4 Å². The predicted octanol–water partition coefficient (Wildman–Crippen LogP) is 1.18. The van der Waals surface area contributed by atoms with E-state index in [1.54, 1.807) is 0 Å². The molecule has 0 aromatic carbocycles. The van der Waals surface area contributed by atoms with Crippen LogP contribution in [-0.4, -0.2) is 31.2 Å². The second-order valence-corrected chi connectivity index (χ2v) is 4.96. The lowest BCUT2D eigenvalue weighted by Crippen LogP contribution is -2.44. The molecule has 0 radical (unpaired) electrons. The van der Waals surface area contributed by atoms with E-state index in [1.165, 1.54) is 7.11 Å². The minimum absolute atomic E-state index is 0.0181. The molecular formula is C12H20N2O3. The van der Waals surface area contributed by atoms with Crippen LogP contribution in [0.5, 0.6) is 0 Å².